The van der Waals surface area contributed by atoms with Crippen LogP contribution in [0.2, 0.25) is 0 Å². The minimum atomic E-state index is -4.47. The number of carboxylic acid groups (broad SMARTS) is 1. The van der Waals surface area contributed by atoms with Crippen LogP contribution in [0, 0.1) is 0 Å². The van der Waals surface area contributed by atoms with Crippen LogP contribution in [0.3, 0.4) is 0 Å². The lowest BCUT2D eigenvalue weighted by Crippen LogP contribution is -2.71. The lowest BCUT2D eigenvalue weighted by atomic mass is 10.0. The number of nitrogen functional groups attached to an aromatic ring is 1. The van der Waals surface area contributed by atoms with E-state index in [1.807, 2.05) is 0 Å². The van der Waals surface area contributed by atoms with Crippen molar-refractivity contribution in [2.24, 2.45) is 5.16 Å². The fourth-order valence-corrected chi connectivity index (χ4v) is 6.07. The van der Waals surface area contributed by atoms with Crippen LogP contribution in [0.1, 0.15) is 5.69 Å². The number of thioether (sulfide) groups is 1. The highest BCUT2D eigenvalue weighted by molar-refractivity contribution is 8.00. The van der Waals surface area contributed by atoms with E-state index in [-0.39, 0.29) is 45.0 Å². The zero-order chi connectivity index (χ0) is 26.2. The van der Waals surface area contributed by atoms with E-state index in [0.29, 0.717) is 0 Å². The Hall–Kier alpha value is -3.54. The molecule has 0 unspecified atom stereocenters. The quantitative estimate of drug-likeness (QED) is 0.104. The summed E-state index contributed by atoms with van der Waals surface area (Å²) in [6, 6.07) is 1.50. The lowest BCUT2D eigenvalue weighted by molar-refractivity contribution is -0.690. The third kappa shape index (κ3) is 4.90. The first-order valence-corrected chi connectivity index (χ1v) is 13.4. The highest BCUT2D eigenvalue weighted by atomic mass is 32.2. The SMILES string of the molecule is CO/N=C(\C(=O)N[C@@H]1C(=O)N2C(C(=O)[O-])=C(C[n+]3cccc(S(=O)(=O)O)c3)CS[C@H]12)c1csc(N)n1. The second kappa shape index (κ2) is 9.84. The van der Waals surface area contributed by atoms with Crippen molar-refractivity contribution >= 4 is 61.8 Å². The molecule has 0 aromatic carbocycles. The van der Waals surface area contributed by atoms with Gasteiger partial charge in [0.1, 0.15) is 24.2 Å². The average molecular weight is 555 g/mol. The predicted molar refractivity (Wildman–Crippen MR) is 124 cm³/mol. The molecule has 17 heteroatoms. The molecule has 1 fully saturated rings. The summed E-state index contributed by atoms with van der Waals surface area (Å²) in [7, 11) is -3.23. The maximum absolute atomic E-state index is 12.9. The van der Waals surface area contributed by atoms with Crippen LogP contribution in [0.5, 0.6) is 0 Å². The number of nitrogens with one attached hydrogen (secondary N) is 1. The van der Waals surface area contributed by atoms with Gasteiger partial charge in [-0.3, -0.25) is 19.0 Å². The first-order valence-electron chi connectivity index (χ1n) is 9.99. The van der Waals surface area contributed by atoms with Gasteiger partial charge in [-0.25, -0.2) is 4.98 Å². The molecule has 0 bridgehead atoms. The molecule has 1 saturated heterocycles. The van der Waals surface area contributed by atoms with Gasteiger partial charge in [-0.1, -0.05) is 5.16 Å². The van der Waals surface area contributed by atoms with Gasteiger partial charge in [0.25, 0.3) is 21.9 Å². The van der Waals surface area contributed by atoms with Crippen molar-refractivity contribution in [3.8, 4) is 0 Å². The monoisotopic (exact) mass is 554 g/mol. The number of aromatic nitrogens is 2. The van der Waals surface area contributed by atoms with E-state index in [4.69, 9.17) is 10.6 Å². The van der Waals surface area contributed by atoms with Gasteiger partial charge in [-0.15, -0.1) is 23.1 Å². The number of hydrogen-bond acceptors (Lipinski definition) is 12. The summed E-state index contributed by atoms with van der Waals surface area (Å²) in [6.07, 6.45) is 2.61. The molecule has 0 radical (unpaired) electrons. The molecule has 4 heterocycles. The highest BCUT2D eigenvalue weighted by Crippen LogP contribution is 2.40. The Morgan fingerprint density at radius 3 is 2.83 bits per heavy atom. The van der Waals surface area contributed by atoms with Gasteiger partial charge in [0.2, 0.25) is 0 Å². The van der Waals surface area contributed by atoms with Crippen molar-refractivity contribution in [2.75, 3.05) is 18.6 Å². The summed E-state index contributed by atoms with van der Waals surface area (Å²) in [6.45, 7) is -0.0803. The molecule has 36 heavy (non-hydrogen) atoms. The number of hydrogen-bond donors (Lipinski definition) is 3. The van der Waals surface area contributed by atoms with Gasteiger partial charge in [0.15, 0.2) is 34.7 Å². The van der Waals surface area contributed by atoms with Crippen molar-refractivity contribution in [1.29, 1.82) is 0 Å². The highest BCUT2D eigenvalue weighted by Gasteiger charge is 2.53. The van der Waals surface area contributed by atoms with E-state index in [2.05, 4.69) is 15.5 Å². The molecule has 190 valence electrons. The summed E-state index contributed by atoms with van der Waals surface area (Å²) >= 11 is 2.29. The normalized spacial score (nSPS) is 20.0. The van der Waals surface area contributed by atoms with Crippen LogP contribution >= 0.6 is 23.1 Å². The number of carboxylic acids is 1. The molecule has 2 atom stereocenters. The molecular formula is C19H18N6O8S3. The predicted octanol–water partition coefficient (Wildman–Crippen LogP) is -2.29. The molecular weight excluding hydrogens is 536 g/mol. The number of aliphatic carboxylic acids is 1. The number of nitrogens with two attached hydrogens (primary N) is 1. The Morgan fingerprint density at radius 1 is 1.47 bits per heavy atom. The van der Waals surface area contributed by atoms with Crippen molar-refractivity contribution in [3.05, 3.63) is 46.9 Å². The number of amides is 2. The number of oxime groups is 1. The number of carbonyl (C=O) groups excluding carboxylic acids is 3. The summed E-state index contributed by atoms with van der Waals surface area (Å²) < 4.78 is 33.4. The van der Waals surface area contributed by atoms with E-state index in [9.17, 15) is 32.5 Å². The van der Waals surface area contributed by atoms with Gasteiger partial charge in [-0.2, -0.15) is 13.0 Å². The van der Waals surface area contributed by atoms with Gasteiger partial charge in [-0.05, 0) is 6.07 Å². The Balaban J connectivity index is 1.55. The number of pyridine rings is 1. The summed E-state index contributed by atoms with van der Waals surface area (Å²) in [5, 5.41) is 19.1. The standard InChI is InChI=1S/C19H18N6O8S3/c1-33-23-12(11-8-35-19(20)21-11)15(26)22-13-16(27)25-14(18(28)29)9(7-34-17(13)25)5-24-4-2-3-10(6-24)36(30,31)32/h2-4,6,8,13,17H,5,7H2,1H3,(H4-,20,21,22,26,28,29,30,31,32)/b23-12-/t13-,17-/m1/s1. The fourth-order valence-electron chi connectivity index (χ4n) is 3.66. The smallest absolute Gasteiger partial charge is 0.300 e. The van der Waals surface area contributed by atoms with Crippen LogP contribution in [0.15, 0.2) is 51.2 Å². The molecule has 0 spiro atoms. The molecule has 2 amide bonds. The molecule has 2 aromatic rings. The summed E-state index contributed by atoms with van der Waals surface area (Å²) in [5.74, 6) is -2.89. The van der Waals surface area contributed by atoms with E-state index in [1.165, 1.54) is 47.1 Å². The van der Waals surface area contributed by atoms with Crippen LogP contribution in [-0.2, 0) is 35.9 Å². The summed E-state index contributed by atoms with van der Waals surface area (Å²) in [5.41, 5.74) is 5.47. The Kier molecular flexibility index (Phi) is 6.98. The lowest BCUT2D eigenvalue weighted by Gasteiger charge is -2.50. The van der Waals surface area contributed by atoms with Crippen LogP contribution in [0.25, 0.3) is 0 Å². The number of nitrogens with zero attached hydrogens (tertiary/aromatic N) is 4. The Bertz CT molecular complexity index is 1420. The van der Waals surface area contributed by atoms with Crippen LogP contribution in [0.4, 0.5) is 5.13 Å². The Morgan fingerprint density at radius 2 is 2.22 bits per heavy atom. The van der Waals surface area contributed by atoms with E-state index >= 15 is 0 Å². The maximum Gasteiger partial charge on any atom is 0.300 e. The number of anilines is 1. The van der Waals surface area contributed by atoms with Gasteiger partial charge >= 0.3 is 0 Å². The van der Waals surface area contributed by atoms with E-state index < -0.39 is 39.3 Å². The zero-order valence-corrected chi connectivity index (χ0v) is 20.8. The first-order chi connectivity index (χ1) is 17.0. The number of fused-ring (bicyclic) bond motifs is 1. The molecule has 2 aromatic heterocycles. The third-order valence-electron chi connectivity index (χ3n) is 5.19. The molecule has 4 rings (SSSR count). The fraction of sp³-hybridized carbons (Fsp3) is 0.263. The molecule has 4 N–H and O–H groups in total. The van der Waals surface area contributed by atoms with Gasteiger partial charge in [0.05, 0.1) is 11.7 Å². The van der Waals surface area contributed by atoms with Crippen molar-refractivity contribution < 1.29 is 41.9 Å². The minimum absolute atomic E-state index is 0.0803. The first kappa shape index (κ1) is 25.5. The minimum Gasteiger partial charge on any atom is -0.543 e. The van der Waals surface area contributed by atoms with Crippen LogP contribution in [-0.4, -0.2) is 70.6 Å². The van der Waals surface area contributed by atoms with Crippen molar-refractivity contribution in [3.63, 3.8) is 0 Å². The molecule has 2 aliphatic rings. The van der Waals surface area contributed by atoms with Crippen molar-refractivity contribution in [2.45, 2.75) is 22.9 Å². The Labute approximate surface area is 212 Å². The van der Waals surface area contributed by atoms with E-state index in [0.717, 1.165) is 22.4 Å². The number of carbonyl (C=O) groups is 3. The number of thiazole rings is 1. The van der Waals surface area contributed by atoms with E-state index in [1.54, 1.807) is 0 Å². The zero-order valence-electron chi connectivity index (χ0n) is 18.4. The molecule has 0 aliphatic carbocycles. The molecule has 0 saturated carbocycles. The molecule has 2 aliphatic heterocycles. The number of rotatable bonds is 8. The van der Waals surface area contributed by atoms with Gasteiger partial charge < -0.3 is 25.8 Å². The number of β-lactam (4-membered cyclic amide) rings is 1. The third-order valence-corrected chi connectivity index (χ3v) is 8.04. The largest absolute Gasteiger partial charge is 0.543 e. The maximum atomic E-state index is 12.9. The van der Waals surface area contributed by atoms with Crippen molar-refractivity contribution in [1.82, 2.24) is 15.2 Å². The second-order valence-corrected chi connectivity index (χ2v) is 10.9. The average Bonchev–Trinajstić information content (AvgIpc) is 3.25. The van der Waals surface area contributed by atoms with Gasteiger partial charge in [0, 0.05) is 22.8 Å². The van der Waals surface area contributed by atoms with Crippen LogP contribution < -0.4 is 20.7 Å². The topological polar surface area (TPSA) is 208 Å². The second-order valence-electron chi connectivity index (χ2n) is 7.48. The molecule has 14 nitrogen and oxygen atoms in total. The summed E-state index contributed by atoms with van der Waals surface area (Å²) in [4.78, 5) is 47.0.